The molecule has 1 fully saturated rings. The molecule has 0 radical (unpaired) electrons. The minimum Gasteiger partial charge on any atom is -0.493 e. The van der Waals surface area contributed by atoms with Crippen LogP contribution in [-0.2, 0) is 13.5 Å². The van der Waals surface area contributed by atoms with Gasteiger partial charge in [-0.1, -0.05) is 19.1 Å². The molecule has 28 heavy (non-hydrogen) atoms. The standard InChI is InChI=1S/C21H27N5O2/c1-5-7-18-23-20-16(12-22-25(20)2)21(24-18)26-11-10-14(13-26)15-8-6-9-17(27-3)19(15)28-4/h6,8-9,12,14H,5,7,10-11,13H2,1-4H3/t14-/m1/s1. The van der Waals surface area contributed by atoms with E-state index in [0.717, 1.165) is 66.5 Å². The Labute approximate surface area is 165 Å². The summed E-state index contributed by atoms with van der Waals surface area (Å²) >= 11 is 0. The predicted molar refractivity (Wildman–Crippen MR) is 109 cm³/mol. The zero-order valence-electron chi connectivity index (χ0n) is 17.0. The van der Waals surface area contributed by atoms with Crippen molar-refractivity contribution in [1.29, 1.82) is 0 Å². The van der Waals surface area contributed by atoms with Crippen molar-refractivity contribution < 1.29 is 9.47 Å². The van der Waals surface area contributed by atoms with Crippen molar-refractivity contribution in [1.82, 2.24) is 19.7 Å². The highest BCUT2D eigenvalue weighted by Gasteiger charge is 2.30. The van der Waals surface area contributed by atoms with Gasteiger partial charge in [-0.25, -0.2) is 9.97 Å². The number of benzene rings is 1. The number of anilines is 1. The van der Waals surface area contributed by atoms with E-state index in [1.54, 1.807) is 14.2 Å². The molecular weight excluding hydrogens is 354 g/mol. The van der Waals surface area contributed by atoms with Crippen molar-refractivity contribution in [3.8, 4) is 11.5 Å². The molecule has 7 heteroatoms. The summed E-state index contributed by atoms with van der Waals surface area (Å²) in [6.45, 7) is 3.98. The number of rotatable bonds is 6. The van der Waals surface area contributed by atoms with Gasteiger partial charge in [-0.15, -0.1) is 0 Å². The second kappa shape index (κ2) is 7.66. The maximum Gasteiger partial charge on any atom is 0.164 e. The molecule has 1 aromatic carbocycles. The van der Waals surface area contributed by atoms with Crippen LogP contribution in [0.25, 0.3) is 11.0 Å². The zero-order chi connectivity index (χ0) is 19.7. The van der Waals surface area contributed by atoms with Crippen molar-refractivity contribution in [3.05, 3.63) is 35.8 Å². The molecule has 0 N–H and O–H groups in total. The number of hydrogen-bond acceptors (Lipinski definition) is 6. The van der Waals surface area contributed by atoms with Crippen LogP contribution in [0.5, 0.6) is 11.5 Å². The first-order valence-electron chi connectivity index (χ1n) is 9.80. The minimum atomic E-state index is 0.362. The lowest BCUT2D eigenvalue weighted by atomic mass is 9.97. The fourth-order valence-corrected chi connectivity index (χ4v) is 4.07. The quantitative estimate of drug-likeness (QED) is 0.653. The second-order valence-electron chi connectivity index (χ2n) is 7.23. The molecule has 1 saturated heterocycles. The van der Waals surface area contributed by atoms with Crippen LogP contribution in [-0.4, -0.2) is 47.1 Å². The topological polar surface area (TPSA) is 65.3 Å². The summed E-state index contributed by atoms with van der Waals surface area (Å²) in [6.07, 6.45) is 4.81. The third kappa shape index (κ3) is 3.15. The van der Waals surface area contributed by atoms with Crippen LogP contribution in [0.15, 0.2) is 24.4 Å². The molecule has 1 atom stereocenters. The Balaban J connectivity index is 1.68. The fourth-order valence-electron chi connectivity index (χ4n) is 4.07. The fraction of sp³-hybridized carbons (Fsp3) is 0.476. The maximum absolute atomic E-state index is 5.66. The molecule has 3 aromatic rings. The molecule has 3 heterocycles. The van der Waals surface area contributed by atoms with Gasteiger partial charge in [0.15, 0.2) is 17.1 Å². The van der Waals surface area contributed by atoms with Crippen LogP contribution < -0.4 is 14.4 Å². The highest BCUT2D eigenvalue weighted by molar-refractivity contribution is 5.87. The van der Waals surface area contributed by atoms with Crippen LogP contribution in [0.4, 0.5) is 5.82 Å². The average Bonchev–Trinajstić information content (AvgIpc) is 3.34. The first kappa shape index (κ1) is 18.5. The van der Waals surface area contributed by atoms with Crippen LogP contribution in [0.3, 0.4) is 0 Å². The van der Waals surface area contributed by atoms with Gasteiger partial charge in [-0.3, -0.25) is 4.68 Å². The third-order valence-corrected chi connectivity index (χ3v) is 5.45. The molecule has 1 aliphatic rings. The molecule has 4 rings (SSSR count). The van der Waals surface area contributed by atoms with Crippen LogP contribution in [0, 0.1) is 0 Å². The average molecular weight is 381 g/mol. The molecule has 1 aliphatic heterocycles. The van der Waals surface area contributed by atoms with E-state index in [1.165, 1.54) is 5.56 Å². The smallest absolute Gasteiger partial charge is 0.164 e. The van der Waals surface area contributed by atoms with Crippen LogP contribution in [0.2, 0.25) is 0 Å². The van der Waals surface area contributed by atoms with Gasteiger partial charge in [0.25, 0.3) is 0 Å². The normalized spacial score (nSPS) is 16.7. The highest BCUT2D eigenvalue weighted by atomic mass is 16.5. The Kier molecular flexibility index (Phi) is 5.07. The summed E-state index contributed by atoms with van der Waals surface area (Å²) in [5.74, 6) is 3.85. The van der Waals surface area contributed by atoms with Crippen LogP contribution >= 0.6 is 0 Å². The predicted octanol–water partition coefficient (Wildman–Crippen LogP) is 3.33. The number of para-hydroxylation sites is 1. The number of hydrogen-bond donors (Lipinski definition) is 0. The summed E-state index contributed by atoms with van der Waals surface area (Å²) in [6, 6.07) is 6.11. The van der Waals surface area contributed by atoms with Gasteiger partial charge in [0.2, 0.25) is 0 Å². The molecular formula is C21H27N5O2. The van der Waals surface area contributed by atoms with Gasteiger partial charge in [-0.05, 0) is 18.9 Å². The summed E-state index contributed by atoms with van der Waals surface area (Å²) in [7, 11) is 5.31. The second-order valence-corrected chi connectivity index (χ2v) is 7.23. The van der Waals surface area contributed by atoms with Crippen molar-refractivity contribution in [3.63, 3.8) is 0 Å². The molecule has 7 nitrogen and oxygen atoms in total. The van der Waals surface area contributed by atoms with Gasteiger partial charge in [0, 0.05) is 38.0 Å². The minimum absolute atomic E-state index is 0.362. The zero-order valence-corrected chi connectivity index (χ0v) is 17.0. The summed E-state index contributed by atoms with van der Waals surface area (Å²) < 4.78 is 13.0. The first-order chi connectivity index (χ1) is 13.7. The molecule has 0 unspecified atom stereocenters. The van der Waals surface area contributed by atoms with E-state index in [-0.39, 0.29) is 0 Å². The number of ether oxygens (including phenoxy) is 2. The van der Waals surface area contributed by atoms with Crippen molar-refractivity contribution >= 4 is 16.9 Å². The monoisotopic (exact) mass is 381 g/mol. The van der Waals surface area contributed by atoms with Gasteiger partial charge in [0.1, 0.15) is 11.6 Å². The van der Waals surface area contributed by atoms with E-state index in [4.69, 9.17) is 19.4 Å². The molecule has 148 valence electrons. The maximum atomic E-state index is 5.66. The summed E-state index contributed by atoms with van der Waals surface area (Å²) in [5.41, 5.74) is 2.09. The summed E-state index contributed by atoms with van der Waals surface area (Å²) in [4.78, 5) is 12.0. The lowest BCUT2D eigenvalue weighted by Crippen LogP contribution is -2.21. The number of aryl methyl sites for hydroxylation is 2. The van der Waals surface area contributed by atoms with E-state index < -0.39 is 0 Å². The highest BCUT2D eigenvalue weighted by Crippen LogP contribution is 2.40. The van der Waals surface area contributed by atoms with E-state index >= 15 is 0 Å². The Hall–Kier alpha value is -2.83. The van der Waals surface area contributed by atoms with Gasteiger partial charge in [0.05, 0.1) is 25.8 Å². The van der Waals surface area contributed by atoms with E-state index in [1.807, 2.05) is 30.1 Å². The van der Waals surface area contributed by atoms with E-state index in [2.05, 4.69) is 23.0 Å². The van der Waals surface area contributed by atoms with Gasteiger partial charge >= 0.3 is 0 Å². The molecule has 0 amide bonds. The first-order valence-corrected chi connectivity index (χ1v) is 9.80. The number of aromatic nitrogens is 4. The lowest BCUT2D eigenvalue weighted by molar-refractivity contribution is 0.350. The van der Waals surface area contributed by atoms with Crippen LogP contribution in [0.1, 0.15) is 37.1 Å². The van der Waals surface area contributed by atoms with Gasteiger partial charge in [-0.2, -0.15) is 5.10 Å². The lowest BCUT2D eigenvalue weighted by Gasteiger charge is -2.20. The third-order valence-electron chi connectivity index (χ3n) is 5.45. The molecule has 0 aliphatic carbocycles. The van der Waals surface area contributed by atoms with Crippen molar-refractivity contribution in [2.24, 2.45) is 7.05 Å². The Morgan fingerprint density at radius 2 is 2.04 bits per heavy atom. The Morgan fingerprint density at radius 3 is 2.79 bits per heavy atom. The SMILES string of the molecule is CCCc1nc(N2CC[C@@H](c3cccc(OC)c3OC)C2)c2cnn(C)c2n1. The Morgan fingerprint density at radius 1 is 1.18 bits per heavy atom. The Bertz CT molecular complexity index is 984. The van der Waals surface area contributed by atoms with E-state index in [9.17, 15) is 0 Å². The van der Waals surface area contributed by atoms with Crippen molar-refractivity contribution in [2.75, 3.05) is 32.2 Å². The largest absolute Gasteiger partial charge is 0.493 e. The van der Waals surface area contributed by atoms with Crippen molar-refractivity contribution in [2.45, 2.75) is 32.1 Å². The van der Waals surface area contributed by atoms with E-state index in [0.29, 0.717) is 5.92 Å². The number of fused-ring (bicyclic) bond motifs is 1. The summed E-state index contributed by atoms with van der Waals surface area (Å²) in [5, 5.41) is 5.42. The molecule has 0 saturated carbocycles. The van der Waals surface area contributed by atoms with Gasteiger partial charge < -0.3 is 14.4 Å². The molecule has 0 spiro atoms. The molecule has 2 aromatic heterocycles. The molecule has 0 bridgehead atoms. The number of nitrogens with zero attached hydrogens (tertiary/aromatic N) is 5. The number of methoxy groups -OCH3 is 2.